The maximum atomic E-state index is 12.5. The quantitative estimate of drug-likeness (QED) is 0.787. The van der Waals surface area contributed by atoms with Gasteiger partial charge < -0.3 is 15.3 Å². The predicted octanol–water partition coefficient (Wildman–Crippen LogP) is 2.89. The number of amides is 1. The number of aliphatic carboxylic acids is 1. The summed E-state index contributed by atoms with van der Waals surface area (Å²) in [7, 11) is 0. The minimum Gasteiger partial charge on any atom is -0.481 e. The van der Waals surface area contributed by atoms with Gasteiger partial charge in [0.2, 0.25) is 5.91 Å². The summed E-state index contributed by atoms with van der Waals surface area (Å²) >= 11 is 1.69. The number of fused-ring (bicyclic) bond motifs is 1. The molecule has 1 aliphatic rings. The van der Waals surface area contributed by atoms with Crippen molar-refractivity contribution in [2.45, 2.75) is 52.5 Å². The number of carbonyl (C=O) groups is 2. The van der Waals surface area contributed by atoms with E-state index in [9.17, 15) is 9.59 Å². The lowest BCUT2D eigenvalue weighted by atomic mass is 9.95. The third kappa shape index (κ3) is 4.37. The first-order valence-electron chi connectivity index (χ1n) is 9.34. The molecule has 1 fully saturated rings. The fraction of sp³-hybridized carbons (Fsp3) is 0.579. The number of anilines is 1. The van der Waals surface area contributed by atoms with E-state index in [4.69, 9.17) is 5.11 Å². The molecule has 0 aliphatic carbocycles. The number of thiophene rings is 1. The lowest BCUT2D eigenvalue weighted by Crippen LogP contribution is -2.43. The molecule has 1 saturated heterocycles. The van der Waals surface area contributed by atoms with Crippen LogP contribution in [-0.4, -0.2) is 46.1 Å². The molecule has 0 saturated carbocycles. The van der Waals surface area contributed by atoms with E-state index in [0.29, 0.717) is 6.42 Å². The first kappa shape index (κ1) is 19.5. The molecule has 1 atom stereocenters. The minimum absolute atomic E-state index is 0.0305. The van der Waals surface area contributed by atoms with Crippen LogP contribution in [0.4, 0.5) is 5.82 Å². The van der Waals surface area contributed by atoms with Gasteiger partial charge in [0.15, 0.2) is 0 Å². The highest BCUT2D eigenvalue weighted by Crippen LogP contribution is 2.35. The molecule has 0 bridgehead atoms. The molecule has 7 nitrogen and oxygen atoms in total. The Kier molecular flexibility index (Phi) is 5.94. The summed E-state index contributed by atoms with van der Waals surface area (Å²) in [5.41, 5.74) is 1.23. The number of piperidine rings is 1. The molecule has 2 N–H and O–H groups in total. The summed E-state index contributed by atoms with van der Waals surface area (Å²) in [6, 6.07) is -0.121. The maximum absolute atomic E-state index is 12.5. The predicted molar refractivity (Wildman–Crippen MR) is 106 cm³/mol. The van der Waals surface area contributed by atoms with Crippen LogP contribution in [0.25, 0.3) is 10.2 Å². The summed E-state index contributed by atoms with van der Waals surface area (Å²) in [4.78, 5) is 36.6. The van der Waals surface area contributed by atoms with Gasteiger partial charge in [-0.1, -0.05) is 0 Å². The Bertz CT molecular complexity index is 843. The Labute approximate surface area is 162 Å². The molecule has 3 rings (SSSR count). The van der Waals surface area contributed by atoms with Crippen LogP contribution in [0, 0.1) is 19.8 Å². The number of aromatic nitrogens is 2. The van der Waals surface area contributed by atoms with Gasteiger partial charge in [-0.05, 0) is 45.6 Å². The zero-order valence-electron chi connectivity index (χ0n) is 16.0. The van der Waals surface area contributed by atoms with Crippen LogP contribution < -0.4 is 10.2 Å². The number of hydrogen-bond acceptors (Lipinski definition) is 6. The van der Waals surface area contributed by atoms with Crippen molar-refractivity contribution in [3.8, 4) is 0 Å². The summed E-state index contributed by atoms with van der Waals surface area (Å²) < 4.78 is 0. The van der Waals surface area contributed by atoms with Crippen LogP contribution in [0.3, 0.4) is 0 Å². The molecule has 1 amide bonds. The maximum Gasteiger partial charge on any atom is 0.303 e. The molecule has 27 heavy (non-hydrogen) atoms. The first-order chi connectivity index (χ1) is 12.9. The lowest BCUT2D eigenvalue weighted by molar-refractivity contribution is -0.137. The Balaban J connectivity index is 1.61. The summed E-state index contributed by atoms with van der Waals surface area (Å²) in [5.74, 6) is 0.133. The van der Waals surface area contributed by atoms with Crippen LogP contribution in [0.2, 0.25) is 0 Å². The van der Waals surface area contributed by atoms with Crippen molar-refractivity contribution in [1.29, 1.82) is 0 Å². The number of nitrogens with one attached hydrogen (secondary N) is 1. The van der Waals surface area contributed by atoms with Crippen molar-refractivity contribution in [2.24, 2.45) is 5.92 Å². The van der Waals surface area contributed by atoms with Gasteiger partial charge in [0, 0.05) is 36.3 Å². The van der Waals surface area contributed by atoms with E-state index in [1.54, 1.807) is 17.7 Å². The average Bonchev–Trinajstić information content (AvgIpc) is 2.94. The van der Waals surface area contributed by atoms with Gasteiger partial charge in [0.1, 0.15) is 17.0 Å². The van der Waals surface area contributed by atoms with Crippen molar-refractivity contribution in [3.05, 3.63) is 16.8 Å². The van der Waals surface area contributed by atoms with Crippen molar-refractivity contribution in [1.82, 2.24) is 15.3 Å². The molecule has 2 aromatic rings. The number of hydrogen-bond donors (Lipinski definition) is 2. The van der Waals surface area contributed by atoms with E-state index < -0.39 is 5.97 Å². The molecular weight excluding hydrogens is 364 g/mol. The van der Waals surface area contributed by atoms with Crippen LogP contribution >= 0.6 is 11.3 Å². The topological polar surface area (TPSA) is 95.4 Å². The van der Waals surface area contributed by atoms with E-state index in [1.165, 1.54) is 10.4 Å². The molecule has 1 unspecified atom stereocenters. The molecule has 1 aliphatic heterocycles. The SMILES string of the molecule is Cc1sc2ncnc(N3CCC(C(=O)NC(C)CCC(=O)O)CC3)c2c1C. The Hall–Kier alpha value is -2.22. The molecule has 0 radical (unpaired) electrons. The number of aryl methyl sites for hydroxylation is 2. The van der Waals surface area contributed by atoms with Crippen molar-refractivity contribution in [2.75, 3.05) is 18.0 Å². The normalized spacial score (nSPS) is 16.5. The van der Waals surface area contributed by atoms with Gasteiger partial charge >= 0.3 is 5.97 Å². The lowest BCUT2D eigenvalue weighted by Gasteiger charge is -2.33. The average molecular weight is 391 g/mol. The third-order valence-corrected chi connectivity index (χ3v) is 6.41. The zero-order valence-corrected chi connectivity index (χ0v) is 16.8. The summed E-state index contributed by atoms with van der Waals surface area (Å²) in [6.45, 7) is 7.63. The van der Waals surface area contributed by atoms with Gasteiger partial charge in [-0.15, -0.1) is 11.3 Å². The minimum atomic E-state index is -0.834. The highest BCUT2D eigenvalue weighted by atomic mass is 32.1. The fourth-order valence-electron chi connectivity index (χ4n) is 3.53. The second kappa shape index (κ2) is 8.21. The highest BCUT2D eigenvalue weighted by molar-refractivity contribution is 7.18. The number of carboxylic acid groups (broad SMARTS) is 1. The Morgan fingerprint density at radius 3 is 2.70 bits per heavy atom. The number of rotatable bonds is 6. The largest absolute Gasteiger partial charge is 0.481 e. The van der Waals surface area contributed by atoms with E-state index in [1.807, 2.05) is 6.92 Å². The van der Waals surface area contributed by atoms with E-state index in [0.717, 1.165) is 42.0 Å². The van der Waals surface area contributed by atoms with E-state index in [-0.39, 0.29) is 24.3 Å². The molecule has 2 aromatic heterocycles. The van der Waals surface area contributed by atoms with Gasteiger partial charge in [-0.25, -0.2) is 9.97 Å². The molecule has 146 valence electrons. The molecular formula is C19H26N4O3S. The fourth-order valence-corrected chi connectivity index (χ4v) is 4.52. The molecule has 0 spiro atoms. The second-order valence-corrected chi connectivity index (χ2v) is 8.47. The number of carbonyl (C=O) groups excluding carboxylic acids is 1. The number of nitrogens with zero attached hydrogens (tertiary/aromatic N) is 3. The standard InChI is InChI=1S/C19H26N4O3S/c1-11(4-5-15(24)25)22-18(26)14-6-8-23(9-7-14)17-16-12(2)13(3)27-19(16)21-10-20-17/h10-11,14H,4-9H2,1-3H3,(H,22,26)(H,24,25). The van der Waals surface area contributed by atoms with Crippen LogP contribution in [0.5, 0.6) is 0 Å². The van der Waals surface area contributed by atoms with Gasteiger partial charge in [0.25, 0.3) is 0 Å². The van der Waals surface area contributed by atoms with Crippen LogP contribution in [-0.2, 0) is 9.59 Å². The van der Waals surface area contributed by atoms with Crippen LogP contribution in [0.15, 0.2) is 6.33 Å². The van der Waals surface area contributed by atoms with Gasteiger partial charge in [0.05, 0.1) is 5.39 Å². The summed E-state index contributed by atoms with van der Waals surface area (Å²) in [5, 5.41) is 12.8. The van der Waals surface area contributed by atoms with Crippen molar-refractivity contribution >= 4 is 39.2 Å². The van der Waals surface area contributed by atoms with Gasteiger partial charge in [-0.3, -0.25) is 9.59 Å². The van der Waals surface area contributed by atoms with Crippen molar-refractivity contribution < 1.29 is 14.7 Å². The number of carboxylic acids is 1. The third-order valence-electron chi connectivity index (χ3n) is 5.29. The van der Waals surface area contributed by atoms with Crippen molar-refractivity contribution in [3.63, 3.8) is 0 Å². The molecule has 8 heteroatoms. The Morgan fingerprint density at radius 1 is 1.33 bits per heavy atom. The molecule has 0 aromatic carbocycles. The summed E-state index contributed by atoms with van der Waals surface area (Å²) in [6.07, 6.45) is 3.69. The smallest absolute Gasteiger partial charge is 0.303 e. The van der Waals surface area contributed by atoms with Crippen LogP contribution in [0.1, 0.15) is 43.0 Å². The monoisotopic (exact) mass is 390 g/mol. The first-order valence-corrected chi connectivity index (χ1v) is 10.2. The van der Waals surface area contributed by atoms with E-state index >= 15 is 0 Å². The Morgan fingerprint density at radius 2 is 2.04 bits per heavy atom. The second-order valence-electron chi connectivity index (χ2n) is 7.26. The zero-order chi connectivity index (χ0) is 19.6. The molecule has 3 heterocycles. The highest BCUT2D eigenvalue weighted by Gasteiger charge is 2.28. The van der Waals surface area contributed by atoms with E-state index in [2.05, 4.69) is 34.0 Å². The van der Waals surface area contributed by atoms with Gasteiger partial charge in [-0.2, -0.15) is 0 Å².